The number of aliphatic hydroxyl groups excluding tert-OH is 1. The number of aromatic nitrogens is 3. The van der Waals surface area contributed by atoms with E-state index in [1.807, 2.05) is 47.3 Å². The quantitative estimate of drug-likeness (QED) is 0.291. The molecule has 0 amide bonds. The second-order valence-corrected chi connectivity index (χ2v) is 14.4. The van der Waals surface area contributed by atoms with Crippen molar-refractivity contribution in [1.82, 2.24) is 14.8 Å². The zero-order valence-corrected chi connectivity index (χ0v) is 25.1. The fourth-order valence-electron chi connectivity index (χ4n) is 9.41. The molecule has 7 atom stereocenters. The maximum Gasteiger partial charge on any atom is 0.234 e. The number of para-hydroxylation sites is 1. The van der Waals surface area contributed by atoms with Gasteiger partial charge in [0.1, 0.15) is 12.1 Å². The lowest BCUT2D eigenvalue weighted by Gasteiger charge is -2.60. The van der Waals surface area contributed by atoms with E-state index in [1.165, 1.54) is 22.9 Å². The Labute approximate surface area is 251 Å². The molecule has 4 aliphatic carbocycles. The number of carbonyl (C=O) groups is 1. The summed E-state index contributed by atoms with van der Waals surface area (Å²) in [5.41, 5.74) is 2.26. The molecular weight excluding hydrogens is 544 g/mol. The van der Waals surface area contributed by atoms with E-state index in [9.17, 15) is 15.0 Å². The molecule has 4 aliphatic rings. The van der Waals surface area contributed by atoms with Gasteiger partial charge in [0, 0.05) is 10.8 Å². The number of fused-ring (bicyclic) bond motifs is 7. The van der Waals surface area contributed by atoms with E-state index in [1.54, 1.807) is 0 Å². The normalized spacial score (nSPS) is 35.0. The van der Waals surface area contributed by atoms with Gasteiger partial charge in [-0.2, -0.15) is 5.10 Å². The topological polar surface area (TPSA) is 92.6 Å². The maximum absolute atomic E-state index is 13.8. The van der Waals surface area contributed by atoms with Gasteiger partial charge in [-0.1, -0.05) is 55.4 Å². The van der Waals surface area contributed by atoms with Crippen LogP contribution in [0.15, 0.2) is 53.2 Å². The monoisotopic (exact) mass is 582 g/mol. The van der Waals surface area contributed by atoms with Crippen LogP contribution >= 0.6 is 11.8 Å². The highest BCUT2D eigenvalue weighted by Crippen LogP contribution is 2.67. The lowest BCUT2D eigenvalue weighted by Crippen LogP contribution is -2.62. The third-order valence-corrected chi connectivity index (χ3v) is 12.4. The van der Waals surface area contributed by atoms with E-state index >= 15 is 0 Å². The van der Waals surface area contributed by atoms with Crippen LogP contribution in [0.2, 0.25) is 0 Å². The Morgan fingerprint density at radius 3 is 2.88 bits per heavy atom. The highest BCUT2D eigenvalue weighted by atomic mass is 32.2. The Balaban J connectivity index is 1.12. The van der Waals surface area contributed by atoms with Crippen molar-refractivity contribution in [1.29, 1.82) is 0 Å². The summed E-state index contributed by atoms with van der Waals surface area (Å²) < 4.78 is 1.95. The Bertz CT molecular complexity index is 1640. The molecule has 1 aromatic carbocycles. The molecule has 2 heterocycles. The fraction of sp³-hybridized carbons (Fsp3) is 0.529. The molecule has 0 saturated heterocycles. The summed E-state index contributed by atoms with van der Waals surface area (Å²) in [4.78, 5) is 22.0. The number of rotatable bonds is 6. The van der Waals surface area contributed by atoms with Gasteiger partial charge in [0.05, 0.1) is 34.3 Å². The van der Waals surface area contributed by atoms with Gasteiger partial charge >= 0.3 is 0 Å². The molecule has 8 heteroatoms. The molecule has 3 fully saturated rings. The highest BCUT2D eigenvalue weighted by Gasteiger charge is 2.68. The van der Waals surface area contributed by atoms with Crippen LogP contribution < -0.4 is 0 Å². The zero-order valence-electron chi connectivity index (χ0n) is 24.3. The van der Waals surface area contributed by atoms with Crippen LogP contribution in [-0.4, -0.2) is 54.8 Å². The molecule has 0 radical (unpaired) electrons. The summed E-state index contributed by atoms with van der Waals surface area (Å²) in [5, 5.41) is 30.5. The second kappa shape index (κ2) is 10.0. The third-order valence-electron chi connectivity index (χ3n) is 11.5. The van der Waals surface area contributed by atoms with E-state index < -0.39 is 17.1 Å². The summed E-state index contributed by atoms with van der Waals surface area (Å²) in [7, 11) is 0. The Morgan fingerprint density at radius 2 is 2.05 bits per heavy atom. The standard InChI is InChI=1S/C34H38N4O3S/c1-32-17-22-19-36-38(15-14-35-3)27(22)16-23(32)9-10-24-25-12-13-34(41,33(25,2)18-28(39)31(24)32)29(40)20-42-30-11-8-21-6-4-5-7-26(21)37-30/h4-8,11,16,19,24-25,28,31,39,41H,9-10,12-15,17-18,20H2,1-2H3/t24?,25?,28?,31?,32?,33?,34-/m0/s1. The van der Waals surface area contributed by atoms with E-state index in [0.717, 1.165) is 47.3 Å². The van der Waals surface area contributed by atoms with Gasteiger partial charge in [-0.05, 0) is 85.5 Å². The number of hydrogen-bond acceptors (Lipinski definition) is 6. The van der Waals surface area contributed by atoms with Crippen molar-refractivity contribution >= 4 is 34.5 Å². The molecule has 0 aliphatic heterocycles. The van der Waals surface area contributed by atoms with Crippen molar-refractivity contribution in [2.75, 3.05) is 12.3 Å². The predicted octanol–water partition coefficient (Wildman–Crippen LogP) is 5.60. The lowest BCUT2D eigenvalue weighted by molar-refractivity contribution is -0.177. The third kappa shape index (κ3) is 4.04. The molecule has 7 rings (SSSR count). The second-order valence-electron chi connectivity index (χ2n) is 13.4. The van der Waals surface area contributed by atoms with Gasteiger partial charge < -0.3 is 15.1 Å². The molecular formula is C34H38N4O3S. The van der Waals surface area contributed by atoms with E-state index in [0.29, 0.717) is 25.9 Å². The first-order valence-electron chi connectivity index (χ1n) is 15.2. The van der Waals surface area contributed by atoms with Crippen LogP contribution in [0.4, 0.5) is 0 Å². The fourth-order valence-corrected chi connectivity index (χ4v) is 10.3. The Morgan fingerprint density at radius 1 is 1.21 bits per heavy atom. The minimum Gasteiger partial charge on any atom is -0.393 e. The molecule has 42 heavy (non-hydrogen) atoms. The summed E-state index contributed by atoms with van der Waals surface area (Å²) in [5.74, 6) is 0.527. The number of thioether (sulfide) groups is 1. The van der Waals surface area contributed by atoms with Gasteiger partial charge in [-0.15, -0.1) is 0 Å². The van der Waals surface area contributed by atoms with Gasteiger partial charge in [0.2, 0.25) is 6.54 Å². The number of allylic oxidation sites excluding steroid dienone is 1. The molecule has 0 spiro atoms. The van der Waals surface area contributed by atoms with Crippen molar-refractivity contribution in [2.45, 2.75) is 75.6 Å². The molecule has 2 aromatic heterocycles. The molecule has 3 saturated carbocycles. The van der Waals surface area contributed by atoms with Crippen molar-refractivity contribution in [3.63, 3.8) is 0 Å². The van der Waals surface area contributed by atoms with Crippen LogP contribution in [-0.2, 0) is 17.8 Å². The van der Waals surface area contributed by atoms with E-state index in [-0.39, 0.29) is 34.7 Å². The lowest BCUT2D eigenvalue weighted by atomic mass is 9.45. The summed E-state index contributed by atoms with van der Waals surface area (Å²) >= 11 is 1.39. The van der Waals surface area contributed by atoms with Gasteiger partial charge in [0.25, 0.3) is 0 Å². The van der Waals surface area contributed by atoms with Crippen molar-refractivity contribution in [3.8, 4) is 0 Å². The van der Waals surface area contributed by atoms with Crippen LogP contribution in [0, 0.1) is 35.2 Å². The van der Waals surface area contributed by atoms with E-state index in [2.05, 4.69) is 29.9 Å². The number of hydrogen-bond donors (Lipinski definition) is 2. The number of nitrogens with zero attached hydrogens (tertiary/aromatic N) is 4. The van der Waals surface area contributed by atoms with Gasteiger partial charge in [-0.25, -0.2) is 11.6 Å². The van der Waals surface area contributed by atoms with Crippen LogP contribution in [0.1, 0.15) is 57.2 Å². The minimum atomic E-state index is -1.45. The average Bonchev–Trinajstić information content (AvgIpc) is 3.49. The molecule has 0 bridgehead atoms. The molecule has 7 nitrogen and oxygen atoms in total. The smallest absolute Gasteiger partial charge is 0.234 e. The van der Waals surface area contributed by atoms with Crippen LogP contribution in [0.5, 0.6) is 0 Å². The summed E-state index contributed by atoms with van der Waals surface area (Å²) in [6, 6.07) is 11.9. The largest absolute Gasteiger partial charge is 0.393 e. The molecule has 6 unspecified atom stereocenters. The average molecular weight is 583 g/mol. The summed E-state index contributed by atoms with van der Waals surface area (Å²) in [6.45, 7) is 12.5. The van der Waals surface area contributed by atoms with Crippen LogP contribution in [0.3, 0.4) is 0 Å². The number of carbonyl (C=O) groups excluding carboxylic acids is 1. The van der Waals surface area contributed by atoms with Crippen molar-refractivity contribution in [2.24, 2.45) is 28.6 Å². The first kappa shape index (κ1) is 27.8. The van der Waals surface area contributed by atoms with Gasteiger partial charge in [-0.3, -0.25) is 9.48 Å². The number of Topliss-reactive ketones (excluding diaryl/α,β-unsaturated/α-hetero) is 1. The highest BCUT2D eigenvalue weighted by molar-refractivity contribution is 7.99. The first-order valence-corrected chi connectivity index (χ1v) is 16.2. The van der Waals surface area contributed by atoms with E-state index in [4.69, 9.17) is 11.6 Å². The first-order chi connectivity index (χ1) is 20.2. The molecule has 218 valence electrons. The zero-order chi connectivity index (χ0) is 29.3. The van der Waals surface area contributed by atoms with Gasteiger partial charge in [0.15, 0.2) is 5.78 Å². The predicted molar refractivity (Wildman–Crippen MR) is 164 cm³/mol. The van der Waals surface area contributed by atoms with Crippen molar-refractivity contribution < 1.29 is 15.0 Å². The number of aliphatic hydroxyl groups is 2. The van der Waals surface area contributed by atoms with Crippen molar-refractivity contribution in [3.05, 3.63) is 70.8 Å². The SMILES string of the molecule is [C-]#[N+]CCn1ncc2c1C=C1CCC3C(C(O)CC4(C)C3CC[C@]4(O)C(=O)CSc3ccc4ccccc4n3)C1(C)C2. The Hall–Kier alpha value is -2.99. The number of pyridine rings is 1. The Kier molecular flexibility index (Phi) is 6.65. The molecule has 3 aromatic rings. The molecule has 2 N–H and O–H groups in total. The number of benzene rings is 1. The maximum atomic E-state index is 13.8. The number of ketones is 1. The summed E-state index contributed by atoms with van der Waals surface area (Å²) in [6.07, 6.45) is 8.03. The minimum absolute atomic E-state index is 0.0731. The van der Waals surface area contributed by atoms with Crippen LogP contribution in [0.25, 0.3) is 21.8 Å².